The fourth-order valence-corrected chi connectivity index (χ4v) is 4.01. The largest absolute Gasteiger partial charge is 0.352 e. The van der Waals surface area contributed by atoms with E-state index in [0.29, 0.717) is 23.4 Å². The van der Waals surface area contributed by atoms with Crippen LogP contribution in [0.25, 0.3) is 0 Å². The third kappa shape index (κ3) is 3.65. The van der Waals surface area contributed by atoms with Gasteiger partial charge in [0.25, 0.3) is 0 Å². The second kappa shape index (κ2) is 6.32. The van der Waals surface area contributed by atoms with Crippen molar-refractivity contribution in [1.29, 1.82) is 0 Å². The normalized spacial score (nSPS) is 28.5. The minimum absolute atomic E-state index is 0.0333. The predicted octanol–water partition coefficient (Wildman–Crippen LogP) is 1.01. The van der Waals surface area contributed by atoms with Crippen molar-refractivity contribution in [3.8, 4) is 0 Å². The number of carbonyl (C=O) groups is 2. The number of fused-ring (bicyclic) bond motifs is 1. The zero-order valence-electron chi connectivity index (χ0n) is 11.2. The molecule has 5 nitrogen and oxygen atoms in total. The van der Waals surface area contributed by atoms with E-state index in [0.717, 1.165) is 25.0 Å². The van der Waals surface area contributed by atoms with Gasteiger partial charge in [0.15, 0.2) is 0 Å². The summed E-state index contributed by atoms with van der Waals surface area (Å²) in [6.07, 6.45) is 3.11. The SMILES string of the molecule is C=C(C)C(=O)NCCCCC1SCC2NC(=O)NC21. The van der Waals surface area contributed by atoms with Crippen LogP contribution >= 0.6 is 11.8 Å². The molecule has 3 N–H and O–H groups in total. The molecule has 3 amide bonds. The van der Waals surface area contributed by atoms with Gasteiger partial charge < -0.3 is 16.0 Å². The van der Waals surface area contributed by atoms with Crippen molar-refractivity contribution >= 4 is 23.7 Å². The zero-order valence-corrected chi connectivity index (χ0v) is 12.0. The number of carbonyl (C=O) groups excluding carboxylic acids is 2. The van der Waals surface area contributed by atoms with E-state index in [2.05, 4.69) is 22.5 Å². The number of amides is 3. The van der Waals surface area contributed by atoms with E-state index in [4.69, 9.17) is 0 Å². The Morgan fingerprint density at radius 3 is 3.00 bits per heavy atom. The molecule has 2 rings (SSSR count). The average molecular weight is 283 g/mol. The summed E-state index contributed by atoms with van der Waals surface area (Å²) in [7, 11) is 0. The maximum Gasteiger partial charge on any atom is 0.315 e. The van der Waals surface area contributed by atoms with Crippen LogP contribution in [0, 0.1) is 0 Å². The first-order chi connectivity index (χ1) is 9.08. The minimum atomic E-state index is -0.0671. The molecule has 2 heterocycles. The molecule has 2 aliphatic heterocycles. The first kappa shape index (κ1) is 14.2. The Morgan fingerprint density at radius 1 is 1.47 bits per heavy atom. The van der Waals surface area contributed by atoms with Gasteiger partial charge in [0.1, 0.15) is 0 Å². The predicted molar refractivity (Wildman–Crippen MR) is 77.2 cm³/mol. The van der Waals surface area contributed by atoms with Crippen LogP contribution in [0.2, 0.25) is 0 Å². The van der Waals surface area contributed by atoms with E-state index in [9.17, 15) is 9.59 Å². The average Bonchev–Trinajstić information content (AvgIpc) is 2.88. The molecule has 0 aromatic carbocycles. The molecule has 3 atom stereocenters. The molecule has 3 unspecified atom stereocenters. The van der Waals surface area contributed by atoms with Crippen molar-refractivity contribution in [2.75, 3.05) is 12.3 Å². The summed E-state index contributed by atoms with van der Waals surface area (Å²) in [6.45, 7) is 6.00. The summed E-state index contributed by atoms with van der Waals surface area (Å²) in [6, 6.07) is 0.544. The first-order valence-corrected chi connectivity index (χ1v) is 7.75. The lowest BCUT2D eigenvalue weighted by Crippen LogP contribution is -2.36. The molecule has 2 fully saturated rings. The van der Waals surface area contributed by atoms with Crippen molar-refractivity contribution in [2.24, 2.45) is 0 Å². The van der Waals surface area contributed by atoms with E-state index in [1.807, 2.05) is 11.8 Å². The van der Waals surface area contributed by atoms with Crippen molar-refractivity contribution in [2.45, 2.75) is 43.5 Å². The highest BCUT2D eigenvalue weighted by atomic mass is 32.2. The number of hydrogen-bond donors (Lipinski definition) is 3. The molecule has 0 aromatic heterocycles. The van der Waals surface area contributed by atoms with E-state index in [1.165, 1.54) is 0 Å². The Hall–Kier alpha value is -1.17. The van der Waals surface area contributed by atoms with Gasteiger partial charge in [0, 0.05) is 23.1 Å². The van der Waals surface area contributed by atoms with Gasteiger partial charge in [-0.1, -0.05) is 13.0 Å². The van der Waals surface area contributed by atoms with E-state index in [-0.39, 0.29) is 18.0 Å². The molecular formula is C13H21N3O2S. The quantitative estimate of drug-likeness (QED) is 0.387. The van der Waals surface area contributed by atoms with Crippen LogP contribution in [0.3, 0.4) is 0 Å². The summed E-state index contributed by atoms with van der Waals surface area (Å²) in [4.78, 5) is 22.5. The molecule has 19 heavy (non-hydrogen) atoms. The fraction of sp³-hybridized carbons (Fsp3) is 0.692. The summed E-state index contributed by atoms with van der Waals surface area (Å²) in [5.41, 5.74) is 0.550. The smallest absolute Gasteiger partial charge is 0.315 e. The minimum Gasteiger partial charge on any atom is -0.352 e. The number of rotatable bonds is 6. The third-order valence-corrected chi connectivity index (χ3v) is 5.04. The number of nitrogens with one attached hydrogen (secondary N) is 3. The summed E-state index contributed by atoms with van der Waals surface area (Å²) < 4.78 is 0. The van der Waals surface area contributed by atoms with Crippen LogP contribution in [-0.4, -0.2) is 41.6 Å². The highest BCUT2D eigenvalue weighted by Crippen LogP contribution is 2.32. The maximum absolute atomic E-state index is 11.3. The van der Waals surface area contributed by atoms with Crippen LogP contribution in [-0.2, 0) is 4.79 Å². The van der Waals surface area contributed by atoms with Gasteiger partial charge in [0.2, 0.25) is 5.91 Å². The lowest BCUT2D eigenvalue weighted by Gasteiger charge is -2.16. The van der Waals surface area contributed by atoms with Crippen LogP contribution in [0.1, 0.15) is 26.2 Å². The van der Waals surface area contributed by atoms with Crippen molar-refractivity contribution in [3.63, 3.8) is 0 Å². The molecule has 6 heteroatoms. The molecule has 0 bridgehead atoms. The number of urea groups is 1. The Balaban J connectivity index is 1.60. The monoisotopic (exact) mass is 283 g/mol. The van der Waals surface area contributed by atoms with E-state index in [1.54, 1.807) is 6.92 Å². The Kier molecular flexibility index (Phi) is 4.74. The topological polar surface area (TPSA) is 70.2 Å². The van der Waals surface area contributed by atoms with Crippen molar-refractivity contribution in [1.82, 2.24) is 16.0 Å². The second-order valence-electron chi connectivity index (χ2n) is 5.15. The van der Waals surface area contributed by atoms with Gasteiger partial charge in [-0.25, -0.2) is 4.79 Å². The number of thioether (sulfide) groups is 1. The van der Waals surface area contributed by atoms with Gasteiger partial charge in [-0.15, -0.1) is 0 Å². The van der Waals surface area contributed by atoms with Crippen LogP contribution in [0.4, 0.5) is 4.79 Å². The van der Waals surface area contributed by atoms with Gasteiger partial charge in [-0.05, 0) is 19.8 Å². The van der Waals surface area contributed by atoms with Crippen molar-refractivity contribution in [3.05, 3.63) is 12.2 Å². The van der Waals surface area contributed by atoms with Gasteiger partial charge >= 0.3 is 6.03 Å². The van der Waals surface area contributed by atoms with Crippen LogP contribution < -0.4 is 16.0 Å². The maximum atomic E-state index is 11.3. The Bertz CT molecular complexity index is 386. The third-order valence-electron chi connectivity index (χ3n) is 3.53. The molecule has 2 saturated heterocycles. The van der Waals surface area contributed by atoms with Gasteiger partial charge in [-0.2, -0.15) is 11.8 Å². The molecule has 0 radical (unpaired) electrons. The molecule has 0 aliphatic carbocycles. The standard InChI is InChI=1S/C13H21N3O2S/c1-8(2)12(17)14-6-4-3-5-10-11-9(7-19-10)15-13(18)16-11/h9-11H,1,3-7H2,2H3,(H,14,17)(H2,15,16,18). The van der Waals surface area contributed by atoms with Crippen LogP contribution in [0.5, 0.6) is 0 Å². The molecule has 0 aromatic rings. The molecule has 2 aliphatic rings. The Labute approximate surface area is 118 Å². The van der Waals surface area contributed by atoms with E-state index >= 15 is 0 Å². The molecular weight excluding hydrogens is 262 g/mol. The van der Waals surface area contributed by atoms with Gasteiger partial charge in [-0.3, -0.25) is 4.79 Å². The first-order valence-electron chi connectivity index (χ1n) is 6.70. The highest BCUT2D eigenvalue weighted by Gasteiger charge is 2.42. The van der Waals surface area contributed by atoms with Crippen LogP contribution in [0.15, 0.2) is 12.2 Å². The zero-order chi connectivity index (χ0) is 13.8. The lowest BCUT2D eigenvalue weighted by atomic mass is 10.0. The molecule has 0 spiro atoms. The summed E-state index contributed by atoms with van der Waals surface area (Å²) in [5.74, 6) is 0.933. The lowest BCUT2D eigenvalue weighted by molar-refractivity contribution is -0.117. The Morgan fingerprint density at radius 2 is 2.26 bits per heavy atom. The fourth-order valence-electron chi connectivity index (χ4n) is 2.47. The summed E-state index contributed by atoms with van der Waals surface area (Å²) in [5, 5.41) is 9.26. The molecule has 0 saturated carbocycles. The highest BCUT2D eigenvalue weighted by molar-refractivity contribution is 8.00. The van der Waals surface area contributed by atoms with E-state index < -0.39 is 0 Å². The molecule has 106 valence electrons. The number of hydrogen-bond acceptors (Lipinski definition) is 3. The second-order valence-corrected chi connectivity index (χ2v) is 6.43. The van der Waals surface area contributed by atoms with Gasteiger partial charge in [0.05, 0.1) is 12.1 Å². The number of unbranched alkanes of at least 4 members (excludes halogenated alkanes) is 1. The van der Waals surface area contributed by atoms with Crippen molar-refractivity contribution < 1.29 is 9.59 Å². The summed E-state index contributed by atoms with van der Waals surface area (Å²) >= 11 is 1.93.